The smallest absolute Gasteiger partial charge is 0.417 e. The van der Waals surface area contributed by atoms with Crippen LogP contribution in [-0.4, -0.2) is 78.1 Å². The van der Waals surface area contributed by atoms with Gasteiger partial charge in [0.25, 0.3) is 5.91 Å². The third-order valence-electron chi connectivity index (χ3n) is 9.62. The van der Waals surface area contributed by atoms with Crippen LogP contribution in [0, 0.1) is 17.3 Å². The molecule has 1 saturated carbocycles. The number of ether oxygens (including phenoxy) is 2. The van der Waals surface area contributed by atoms with Crippen molar-refractivity contribution >= 4 is 29.5 Å². The molecule has 0 spiro atoms. The predicted molar refractivity (Wildman–Crippen MR) is 173 cm³/mol. The number of esters is 1. The molecule has 1 aliphatic heterocycles. The lowest BCUT2D eigenvalue weighted by Gasteiger charge is -2.43. The maximum Gasteiger partial charge on any atom is 0.417 e. The van der Waals surface area contributed by atoms with Crippen LogP contribution in [0.2, 0.25) is 0 Å². The largest absolute Gasteiger partial charge is 0.468 e. The number of hydrogen-bond acceptors (Lipinski definition) is 9. The van der Waals surface area contributed by atoms with Crippen molar-refractivity contribution in [1.29, 1.82) is 0 Å². The summed E-state index contributed by atoms with van der Waals surface area (Å²) in [5, 5.41) is 11.8. The van der Waals surface area contributed by atoms with Crippen molar-refractivity contribution < 1.29 is 41.8 Å². The van der Waals surface area contributed by atoms with Crippen LogP contribution < -0.4 is 5.32 Å². The molecule has 272 valence electrons. The molecule has 3 atom stereocenters. The van der Waals surface area contributed by atoms with Crippen LogP contribution in [0.15, 0.2) is 30.7 Å². The first-order valence-corrected chi connectivity index (χ1v) is 16.9. The predicted octanol–water partition coefficient (Wildman–Crippen LogP) is 5.43. The first-order valence-electron chi connectivity index (χ1n) is 16.9. The Kier molecular flexibility index (Phi) is 10.3. The third kappa shape index (κ3) is 7.48. The molecule has 0 aromatic carbocycles. The summed E-state index contributed by atoms with van der Waals surface area (Å²) in [6, 6.07) is 0.296. The lowest BCUT2D eigenvalue weighted by molar-refractivity contribution is -0.205. The van der Waals surface area contributed by atoms with Gasteiger partial charge in [0.15, 0.2) is 11.1 Å². The number of amides is 3. The topological polar surface area (TPSA) is 150 Å². The summed E-state index contributed by atoms with van der Waals surface area (Å²) in [4.78, 5) is 58.6. The van der Waals surface area contributed by atoms with Gasteiger partial charge in [0.2, 0.25) is 5.91 Å². The molecule has 0 radical (unpaired) electrons. The maximum absolute atomic E-state index is 14.1. The number of imide groups is 1. The third-order valence-corrected chi connectivity index (χ3v) is 9.62. The monoisotopic (exact) mass is 703 g/mol. The Morgan fingerprint density at radius 2 is 1.80 bits per heavy atom. The molecular formula is C34H44F3N7O6. The van der Waals surface area contributed by atoms with E-state index in [9.17, 15) is 32.3 Å². The fourth-order valence-electron chi connectivity index (χ4n) is 7.02. The van der Waals surface area contributed by atoms with Crippen molar-refractivity contribution in [3.63, 3.8) is 0 Å². The van der Waals surface area contributed by atoms with E-state index in [2.05, 4.69) is 22.4 Å². The molecule has 1 aliphatic carbocycles. The molecule has 3 aromatic heterocycles. The molecule has 2 aliphatic rings. The quantitative estimate of drug-likeness (QED) is 0.239. The van der Waals surface area contributed by atoms with Crippen molar-refractivity contribution in [2.45, 2.75) is 110 Å². The molecule has 1 N–H and O–H groups in total. The van der Waals surface area contributed by atoms with Crippen molar-refractivity contribution in [2.75, 3.05) is 7.11 Å². The summed E-state index contributed by atoms with van der Waals surface area (Å²) in [5.74, 6) is -2.07. The summed E-state index contributed by atoms with van der Waals surface area (Å²) in [6.07, 6.45) is 0.287. The summed E-state index contributed by atoms with van der Waals surface area (Å²) >= 11 is 0. The van der Waals surface area contributed by atoms with Crippen LogP contribution in [0.25, 0.3) is 5.65 Å². The van der Waals surface area contributed by atoms with Gasteiger partial charge in [-0.15, -0.1) is 0 Å². The van der Waals surface area contributed by atoms with Gasteiger partial charge < -0.3 is 14.8 Å². The molecule has 1 saturated heterocycles. The number of nitrogens with zero attached hydrogens (tertiary/aromatic N) is 6. The standard InChI is InChI=1S/C34H44F3N7O6/c1-7-42-24(13-15-38-42)28(45)41-27(22-10-8-20(2)9-11-22)23-19-43-26(40-23)16-21(18-39-43)17-33(30(47)49-6)14-12-25(34(35,36)37)44(29(33)46)31(48)50-32(3,4)5/h13,15-16,18-20,22,25,27H,7-12,14,17H2,1-6H3,(H,41,45)/t20?,22?,25?,27-,33?/m0/s1. The van der Waals surface area contributed by atoms with Crippen molar-refractivity contribution in [1.82, 2.24) is 34.6 Å². The van der Waals surface area contributed by atoms with Gasteiger partial charge >= 0.3 is 18.2 Å². The molecule has 3 aromatic rings. The fourth-order valence-corrected chi connectivity index (χ4v) is 7.02. The number of likely N-dealkylation sites (tertiary alicyclic amines) is 1. The van der Waals surface area contributed by atoms with Crippen LogP contribution in [0.5, 0.6) is 0 Å². The van der Waals surface area contributed by atoms with E-state index in [0.29, 0.717) is 35.1 Å². The minimum Gasteiger partial charge on any atom is -0.468 e. The number of carbonyl (C=O) groups is 4. The van der Waals surface area contributed by atoms with Crippen molar-refractivity contribution in [3.8, 4) is 0 Å². The summed E-state index contributed by atoms with van der Waals surface area (Å²) < 4.78 is 55.7. The van der Waals surface area contributed by atoms with E-state index in [-0.39, 0.29) is 16.7 Å². The molecule has 0 bridgehead atoms. The van der Waals surface area contributed by atoms with Gasteiger partial charge in [-0.05, 0) is 89.3 Å². The number of imidazole rings is 1. The SMILES string of the molecule is CCn1nccc1C(=O)N[C@H](c1cn2ncc(CC3(C(=O)OC)CCC(C(F)(F)F)N(C(=O)OC(C)(C)C)C3=O)cc2n1)C1CCC(C)CC1. The molecule has 2 fully saturated rings. The number of halogens is 3. The second-order valence-corrected chi connectivity index (χ2v) is 14.3. The second-order valence-electron chi connectivity index (χ2n) is 14.3. The maximum atomic E-state index is 14.1. The van der Waals surface area contributed by atoms with Crippen LogP contribution in [-0.2, 0) is 32.0 Å². The number of carbonyl (C=O) groups excluding carboxylic acids is 4. The lowest BCUT2D eigenvalue weighted by Crippen LogP contribution is -2.63. The van der Waals surface area contributed by atoms with Crippen molar-refractivity contribution in [3.05, 3.63) is 47.7 Å². The number of rotatable bonds is 8. The number of alkyl halides is 3. The minimum absolute atomic E-state index is 0.00799. The van der Waals surface area contributed by atoms with E-state index >= 15 is 0 Å². The zero-order valence-electron chi connectivity index (χ0n) is 29.1. The number of aryl methyl sites for hydroxylation is 1. The first kappa shape index (κ1) is 36.8. The van der Waals surface area contributed by atoms with Crippen molar-refractivity contribution in [2.24, 2.45) is 17.3 Å². The Bertz CT molecular complexity index is 1740. The number of aromatic nitrogens is 5. The fraction of sp³-hybridized carbons (Fsp3) is 0.618. The Morgan fingerprint density at radius 3 is 2.42 bits per heavy atom. The van der Waals surface area contributed by atoms with Gasteiger partial charge in [0.1, 0.15) is 17.3 Å². The van der Waals surface area contributed by atoms with E-state index in [4.69, 9.17) is 14.5 Å². The summed E-state index contributed by atoms with van der Waals surface area (Å²) in [7, 11) is 1.03. The highest BCUT2D eigenvalue weighted by molar-refractivity contribution is 6.08. The molecule has 5 rings (SSSR count). The zero-order chi connectivity index (χ0) is 36.6. The highest BCUT2D eigenvalue weighted by Gasteiger charge is 2.61. The van der Waals surface area contributed by atoms with E-state index < -0.39 is 66.5 Å². The molecular weight excluding hydrogens is 659 g/mol. The lowest BCUT2D eigenvalue weighted by atomic mass is 9.72. The average Bonchev–Trinajstić information content (AvgIpc) is 3.70. The molecule has 2 unspecified atom stereocenters. The zero-order valence-corrected chi connectivity index (χ0v) is 29.1. The number of nitrogens with one attached hydrogen (secondary N) is 1. The van der Waals surface area contributed by atoms with Crippen LogP contribution in [0.4, 0.5) is 18.0 Å². The number of piperidine rings is 1. The highest BCUT2D eigenvalue weighted by Crippen LogP contribution is 2.44. The van der Waals surface area contributed by atoms with Gasteiger partial charge in [0.05, 0.1) is 31.2 Å². The second kappa shape index (κ2) is 14.0. The number of methoxy groups -OCH3 is 1. The van der Waals surface area contributed by atoms with E-state index in [1.807, 2.05) is 6.92 Å². The molecule has 16 heteroatoms. The summed E-state index contributed by atoms with van der Waals surface area (Å²) in [5.41, 5.74) is -1.76. The minimum atomic E-state index is -4.96. The number of hydrogen-bond donors (Lipinski definition) is 1. The van der Waals surface area contributed by atoms with Crippen LogP contribution in [0.3, 0.4) is 0 Å². The highest BCUT2D eigenvalue weighted by atomic mass is 19.4. The molecule has 3 amide bonds. The van der Waals surface area contributed by atoms with Crippen LogP contribution >= 0.6 is 0 Å². The molecule has 50 heavy (non-hydrogen) atoms. The number of fused-ring (bicyclic) bond motifs is 1. The Morgan fingerprint density at radius 1 is 1.10 bits per heavy atom. The Hall–Kier alpha value is -4.50. The Labute approximate surface area is 287 Å². The van der Waals surface area contributed by atoms with Gasteiger partial charge in [0, 0.05) is 12.7 Å². The van der Waals surface area contributed by atoms with Gasteiger partial charge in [-0.1, -0.05) is 19.8 Å². The van der Waals surface area contributed by atoms with E-state index in [0.717, 1.165) is 32.8 Å². The van der Waals surface area contributed by atoms with Crippen LogP contribution in [0.1, 0.15) is 101 Å². The van der Waals surface area contributed by atoms with E-state index in [1.165, 1.54) is 31.5 Å². The summed E-state index contributed by atoms with van der Waals surface area (Å²) in [6.45, 7) is 8.99. The normalized spacial score (nSPS) is 23.8. The van der Waals surface area contributed by atoms with Gasteiger partial charge in [-0.2, -0.15) is 23.4 Å². The Balaban J connectivity index is 1.49. The van der Waals surface area contributed by atoms with E-state index in [1.54, 1.807) is 29.2 Å². The molecule has 4 heterocycles. The first-order chi connectivity index (χ1) is 23.5. The van der Waals surface area contributed by atoms with Gasteiger partial charge in [-0.25, -0.2) is 19.2 Å². The van der Waals surface area contributed by atoms with Gasteiger partial charge in [-0.3, -0.25) is 19.1 Å². The molecule has 13 nitrogen and oxygen atoms in total. The average molecular weight is 704 g/mol.